The molecule has 0 fully saturated rings. The van der Waals surface area contributed by atoms with Gasteiger partial charge in [0.15, 0.2) is 0 Å². The van der Waals surface area contributed by atoms with Crippen LogP contribution in [0, 0.1) is 0 Å². The van der Waals surface area contributed by atoms with E-state index in [1.54, 1.807) is 12.4 Å². The molecule has 1 aromatic carbocycles. The van der Waals surface area contributed by atoms with Gasteiger partial charge in [-0.05, 0) is 37.6 Å². The van der Waals surface area contributed by atoms with Crippen LogP contribution in [0.3, 0.4) is 0 Å². The lowest BCUT2D eigenvalue weighted by molar-refractivity contribution is 0.340. The molecular weight excluding hydrogens is 302 g/mol. The predicted molar refractivity (Wildman–Crippen MR) is 97.8 cm³/mol. The van der Waals surface area contributed by atoms with Crippen LogP contribution < -0.4 is 15.5 Å². The van der Waals surface area contributed by atoms with E-state index in [1.165, 1.54) is 0 Å². The van der Waals surface area contributed by atoms with E-state index < -0.39 is 0 Å². The molecule has 0 saturated heterocycles. The number of aromatic nitrogens is 2. The van der Waals surface area contributed by atoms with Crippen molar-refractivity contribution in [3.8, 4) is 16.9 Å². The average Bonchev–Trinajstić information content (AvgIpc) is 2.61. The summed E-state index contributed by atoms with van der Waals surface area (Å²) in [6, 6.07) is 9.48. The highest BCUT2D eigenvalue weighted by molar-refractivity contribution is 5.89. The molecule has 0 aliphatic heterocycles. The Kier molecular flexibility index (Phi) is 4.51. The van der Waals surface area contributed by atoms with Crippen LogP contribution in [0.1, 0.15) is 13.8 Å². The summed E-state index contributed by atoms with van der Waals surface area (Å²) in [5.74, 6) is 1.61. The van der Waals surface area contributed by atoms with E-state index in [1.807, 2.05) is 55.8 Å². The fourth-order valence-corrected chi connectivity index (χ4v) is 2.91. The molecule has 1 N–H and O–H groups in total. The summed E-state index contributed by atoms with van der Waals surface area (Å²) < 4.78 is 7.50. The van der Waals surface area contributed by atoms with Gasteiger partial charge in [0.2, 0.25) is 5.43 Å². The molecule has 5 nitrogen and oxygen atoms in total. The summed E-state index contributed by atoms with van der Waals surface area (Å²) in [4.78, 5) is 17.2. The number of hydrogen-bond acceptors (Lipinski definition) is 4. The summed E-state index contributed by atoms with van der Waals surface area (Å²) in [7, 11) is 1.96. The van der Waals surface area contributed by atoms with Crippen LogP contribution in [-0.4, -0.2) is 22.7 Å². The Bertz CT molecular complexity index is 914. The summed E-state index contributed by atoms with van der Waals surface area (Å²) >= 11 is 0. The molecule has 0 saturated carbocycles. The zero-order valence-electron chi connectivity index (χ0n) is 14.2. The molecule has 2 aromatic heterocycles. The molecule has 124 valence electrons. The molecule has 5 heteroatoms. The average molecular weight is 323 g/mol. The number of benzene rings is 1. The van der Waals surface area contributed by atoms with Crippen LogP contribution >= 0.6 is 0 Å². The van der Waals surface area contributed by atoms with E-state index in [9.17, 15) is 4.79 Å². The van der Waals surface area contributed by atoms with Crippen LogP contribution in [0.4, 0.5) is 5.82 Å². The van der Waals surface area contributed by atoms with Gasteiger partial charge in [-0.25, -0.2) is 0 Å². The van der Waals surface area contributed by atoms with Gasteiger partial charge in [-0.1, -0.05) is 12.1 Å². The van der Waals surface area contributed by atoms with Gasteiger partial charge in [0.05, 0.1) is 23.1 Å². The van der Waals surface area contributed by atoms with Crippen molar-refractivity contribution in [3.63, 3.8) is 0 Å². The van der Waals surface area contributed by atoms with Gasteiger partial charge < -0.3 is 14.6 Å². The van der Waals surface area contributed by atoms with Gasteiger partial charge in [0.1, 0.15) is 11.6 Å². The molecule has 0 unspecified atom stereocenters. The van der Waals surface area contributed by atoms with Crippen molar-refractivity contribution >= 4 is 16.7 Å². The second-order valence-corrected chi connectivity index (χ2v) is 5.49. The number of pyridine rings is 2. The maximum absolute atomic E-state index is 13.1. The van der Waals surface area contributed by atoms with Crippen molar-refractivity contribution in [2.24, 2.45) is 7.05 Å². The quantitative estimate of drug-likeness (QED) is 0.781. The Morgan fingerprint density at radius 3 is 2.58 bits per heavy atom. The summed E-state index contributed by atoms with van der Waals surface area (Å²) in [6.07, 6.45) is 3.33. The first-order valence-electron chi connectivity index (χ1n) is 8.11. The third kappa shape index (κ3) is 2.73. The van der Waals surface area contributed by atoms with Gasteiger partial charge in [-0.3, -0.25) is 9.78 Å². The van der Waals surface area contributed by atoms with Gasteiger partial charge in [-0.15, -0.1) is 0 Å². The Morgan fingerprint density at radius 1 is 1.17 bits per heavy atom. The molecular formula is C19H21N3O2. The molecule has 24 heavy (non-hydrogen) atoms. The Morgan fingerprint density at radius 2 is 1.92 bits per heavy atom. The lowest BCUT2D eigenvalue weighted by Crippen LogP contribution is -2.17. The predicted octanol–water partition coefficient (Wildman–Crippen LogP) is 3.43. The molecule has 3 aromatic rings. The van der Waals surface area contributed by atoms with E-state index in [-0.39, 0.29) is 5.43 Å². The van der Waals surface area contributed by atoms with Crippen LogP contribution in [-0.2, 0) is 7.05 Å². The van der Waals surface area contributed by atoms with Crippen LogP contribution in [0.25, 0.3) is 22.0 Å². The van der Waals surface area contributed by atoms with Gasteiger partial charge >= 0.3 is 0 Å². The Hall–Kier alpha value is -2.82. The number of anilines is 1. The van der Waals surface area contributed by atoms with E-state index in [4.69, 9.17) is 4.74 Å². The number of nitrogens with zero attached hydrogens (tertiary/aromatic N) is 2. The lowest BCUT2D eigenvalue weighted by Gasteiger charge is -2.18. The molecule has 0 aliphatic carbocycles. The van der Waals surface area contributed by atoms with E-state index in [0.717, 1.165) is 29.2 Å². The number of rotatable bonds is 5. The van der Waals surface area contributed by atoms with Crippen molar-refractivity contribution in [3.05, 3.63) is 52.9 Å². The van der Waals surface area contributed by atoms with Gasteiger partial charge in [-0.2, -0.15) is 0 Å². The minimum Gasteiger partial charge on any atom is -0.494 e. The molecule has 0 radical (unpaired) electrons. The molecule has 2 heterocycles. The van der Waals surface area contributed by atoms with Crippen LogP contribution in [0.2, 0.25) is 0 Å². The van der Waals surface area contributed by atoms with Crippen molar-refractivity contribution in [1.82, 2.24) is 9.55 Å². The van der Waals surface area contributed by atoms with Gasteiger partial charge in [0, 0.05) is 26.0 Å². The zero-order valence-corrected chi connectivity index (χ0v) is 14.2. The number of aryl methyl sites for hydroxylation is 1. The number of fused-ring (bicyclic) bond motifs is 1. The largest absolute Gasteiger partial charge is 0.494 e. The van der Waals surface area contributed by atoms with Crippen LogP contribution in [0.5, 0.6) is 5.75 Å². The number of nitrogens with one attached hydrogen (secondary N) is 1. The van der Waals surface area contributed by atoms with Gasteiger partial charge in [0.25, 0.3) is 0 Å². The zero-order chi connectivity index (χ0) is 17.1. The monoisotopic (exact) mass is 323 g/mol. The van der Waals surface area contributed by atoms with Crippen molar-refractivity contribution in [1.29, 1.82) is 0 Å². The normalized spacial score (nSPS) is 10.8. The topological polar surface area (TPSA) is 56.1 Å². The molecule has 0 spiro atoms. The summed E-state index contributed by atoms with van der Waals surface area (Å²) in [5.41, 5.74) is 2.36. The second kappa shape index (κ2) is 6.74. The van der Waals surface area contributed by atoms with E-state index >= 15 is 0 Å². The first-order valence-corrected chi connectivity index (χ1v) is 8.11. The molecule has 0 amide bonds. The standard InChI is InChI=1S/C19H21N3O2/c1-4-21-19-17(13-6-8-14(9-7-13)24-5-2)18(23)15-12-20-11-10-16(15)22(19)3/h6-12,21H,4-5H2,1-3H3. The number of hydrogen-bond donors (Lipinski definition) is 1. The summed E-state index contributed by atoms with van der Waals surface area (Å²) in [6.45, 7) is 5.31. The second-order valence-electron chi connectivity index (χ2n) is 5.49. The van der Waals surface area contributed by atoms with Crippen molar-refractivity contribution in [2.75, 3.05) is 18.5 Å². The lowest BCUT2D eigenvalue weighted by atomic mass is 10.0. The minimum absolute atomic E-state index is 0.0173. The molecule has 3 rings (SSSR count). The number of ether oxygens (including phenoxy) is 1. The summed E-state index contributed by atoms with van der Waals surface area (Å²) in [5, 5.41) is 3.94. The minimum atomic E-state index is -0.0173. The maximum Gasteiger partial charge on any atom is 0.200 e. The fourth-order valence-electron chi connectivity index (χ4n) is 2.91. The third-order valence-electron chi connectivity index (χ3n) is 4.00. The highest BCUT2D eigenvalue weighted by Crippen LogP contribution is 2.29. The third-order valence-corrected chi connectivity index (χ3v) is 4.00. The molecule has 0 atom stereocenters. The Labute approximate surface area is 140 Å². The van der Waals surface area contributed by atoms with Crippen molar-refractivity contribution < 1.29 is 4.74 Å². The first kappa shape index (κ1) is 16.1. The SMILES string of the molecule is CCNc1c(-c2ccc(OCC)cc2)c(=O)c2cnccc2n1C. The smallest absolute Gasteiger partial charge is 0.200 e. The van der Waals surface area contributed by atoms with E-state index in [2.05, 4.69) is 10.3 Å². The highest BCUT2D eigenvalue weighted by Gasteiger charge is 2.16. The molecule has 0 bridgehead atoms. The highest BCUT2D eigenvalue weighted by atomic mass is 16.5. The molecule has 0 aliphatic rings. The first-order chi connectivity index (χ1) is 11.7. The fraction of sp³-hybridized carbons (Fsp3) is 0.263. The van der Waals surface area contributed by atoms with Crippen LogP contribution in [0.15, 0.2) is 47.5 Å². The van der Waals surface area contributed by atoms with E-state index in [0.29, 0.717) is 17.6 Å². The van der Waals surface area contributed by atoms with Crippen molar-refractivity contribution in [2.45, 2.75) is 13.8 Å². The maximum atomic E-state index is 13.1. The Balaban J connectivity index is 2.27.